The van der Waals surface area contributed by atoms with Gasteiger partial charge >= 0.3 is 5.69 Å². The number of aryl methyl sites for hydroxylation is 1. The second-order valence-electron chi connectivity index (χ2n) is 4.96. The molecule has 1 rings (SSSR count). The maximum atomic E-state index is 11.6. The summed E-state index contributed by atoms with van der Waals surface area (Å²) in [5.41, 5.74) is -0.0871. The van der Waals surface area contributed by atoms with E-state index in [2.05, 4.69) is 10.4 Å². The van der Waals surface area contributed by atoms with Gasteiger partial charge in [0.15, 0.2) is 0 Å². The van der Waals surface area contributed by atoms with E-state index in [0.717, 1.165) is 6.20 Å². The fraction of sp³-hybridized carbons (Fsp3) is 0.667. The monoisotopic (exact) mass is 284 g/mol. The molecule has 0 radical (unpaired) electrons. The van der Waals surface area contributed by atoms with Gasteiger partial charge in [0.1, 0.15) is 12.4 Å². The van der Waals surface area contributed by atoms with Gasteiger partial charge in [-0.05, 0) is 19.3 Å². The van der Waals surface area contributed by atoms with Crippen LogP contribution in [0.3, 0.4) is 0 Å². The third kappa shape index (κ3) is 5.79. The van der Waals surface area contributed by atoms with Gasteiger partial charge in [0.05, 0.1) is 11.0 Å². The number of carbonyl (C=O) groups excluding carboxylic acids is 1. The van der Waals surface area contributed by atoms with Crippen molar-refractivity contribution in [2.45, 2.75) is 39.3 Å². The summed E-state index contributed by atoms with van der Waals surface area (Å²) in [6, 6.07) is 0. The molecule has 8 heteroatoms. The highest BCUT2D eigenvalue weighted by Crippen LogP contribution is 2.08. The van der Waals surface area contributed by atoms with Crippen molar-refractivity contribution in [2.75, 3.05) is 6.54 Å². The van der Waals surface area contributed by atoms with Crippen LogP contribution >= 0.6 is 0 Å². The Kier molecular flexibility index (Phi) is 6.10. The number of nitrogens with one attached hydrogen (secondary N) is 1. The molecule has 2 unspecified atom stereocenters. The highest BCUT2D eigenvalue weighted by Gasteiger charge is 2.11. The molecular weight excluding hydrogens is 264 g/mol. The van der Waals surface area contributed by atoms with Gasteiger partial charge in [-0.15, -0.1) is 0 Å². The Morgan fingerprint density at radius 2 is 2.30 bits per heavy atom. The largest absolute Gasteiger partial charge is 0.393 e. The molecule has 1 aromatic rings. The first kappa shape index (κ1) is 16.1. The maximum Gasteiger partial charge on any atom is 0.306 e. The Bertz CT molecular complexity index is 458. The number of hydrogen-bond donors (Lipinski definition) is 2. The number of aromatic nitrogens is 2. The molecule has 0 spiro atoms. The lowest BCUT2D eigenvalue weighted by Gasteiger charge is -2.14. The van der Waals surface area contributed by atoms with Gasteiger partial charge in [0.25, 0.3) is 0 Å². The molecule has 112 valence electrons. The molecule has 1 heterocycles. The standard InChI is InChI=1S/C12H20N4O4/c1-9(5-10(2)17)6-13-12(18)3-4-15-8-11(7-14-15)16(19)20/h7-10,17H,3-6H2,1-2H3,(H,13,18). The van der Waals surface area contributed by atoms with Crippen LogP contribution in [0, 0.1) is 16.0 Å². The topological polar surface area (TPSA) is 110 Å². The van der Waals surface area contributed by atoms with E-state index >= 15 is 0 Å². The third-order valence-electron chi connectivity index (χ3n) is 2.79. The minimum atomic E-state index is -0.526. The lowest BCUT2D eigenvalue weighted by molar-refractivity contribution is -0.385. The highest BCUT2D eigenvalue weighted by atomic mass is 16.6. The summed E-state index contributed by atoms with van der Waals surface area (Å²) in [6.45, 7) is 4.46. The Morgan fingerprint density at radius 1 is 1.60 bits per heavy atom. The summed E-state index contributed by atoms with van der Waals surface area (Å²) in [6.07, 6.45) is 2.91. The summed E-state index contributed by atoms with van der Waals surface area (Å²) < 4.78 is 1.37. The van der Waals surface area contributed by atoms with Crippen molar-refractivity contribution in [1.82, 2.24) is 15.1 Å². The Balaban J connectivity index is 2.27. The SMILES string of the molecule is CC(O)CC(C)CNC(=O)CCn1cc([N+](=O)[O-])cn1. The lowest BCUT2D eigenvalue weighted by Crippen LogP contribution is -2.30. The molecule has 1 aromatic heterocycles. The molecule has 0 saturated carbocycles. The third-order valence-corrected chi connectivity index (χ3v) is 2.79. The first-order valence-corrected chi connectivity index (χ1v) is 6.50. The van der Waals surface area contributed by atoms with Gasteiger partial charge in [-0.25, -0.2) is 0 Å². The van der Waals surface area contributed by atoms with Crippen LogP contribution in [0.5, 0.6) is 0 Å². The number of nitrogens with zero attached hydrogens (tertiary/aromatic N) is 3. The number of hydrogen-bond acceptors (Lipinski definition) is 5. The number of rotatable bonds is 8. The van der Waals surface area contributed by atoms with E-state index in [1.54, 1.807) is 6.92 Å². The number of carbonyl (C=O) groups is 1. The molecule has 2 N–H and O–H groups in total. The molecule has 1 amide bonds. The molecule has 2 atom stereocenters. The van der Waals surface area contributed by atoms with Crippen LogP contribution in [-0.4, -0.2) is 38.4 Å². The molecule has 0 saturated heterocycles. The number of amides is 1. The fourth-order valence-corrected chi connectivity index (χ4v) is 1.83. The van der Waals surface area contributed by atoms with Gasteiger partial charge in [0, 0.05) is 19.5 Å². The number of aliphatic hydroxyl groups excluding tert-OH is 1. The normalized spacial score (nSPS) is 13.8. The molecule has 0 fully saturated rings. The second kappa shape index (κ2) is 7.59. The van der Waals surface area contributed by atoms with E-state index < -0.39 is 4.92 Å². The summed E-state index contributed by atoms with van der Waals surface area (Å²) in [5.74, 6) is 0.0605. The predicted octanol–water partition coefficient (Wildman–Crippen LogP) is 0.705. The van der Waals surface area contributed by atoms with Gasteiger partial charge in [0.2, 0.25) is 5.91 Å². The van der Waals surface area contributed by atoms with Crippen LogP contribution in [0.4, 0.5) is 5.69 Å². The number of aliphatic hydroxyl groups is 1. The highest BCUT2D eigenvalue weighted by molar-refractivity contribution is 5.75. The molecule has 0 aliphatic carbocycles. The van der Waals surface area contributed by atoms with E-state index in [-0.39, 0.29) is 30.0 Å². The van der Waals surface area contributed by atoms with Crippen molar-refractivity contribution in [3.05, 3.63) is 22.5 Å². The Labute approximate surface area is 116 Å². The zero-order chi connectivity index (χ0) is 15.1. The summed E-state index contributed by atoms with van der Waals surface area (Å²) in [5, 5.41) is 26.2. The smallest absolute Gasteiger partial charge is 0.306 e. The minimum absolute atomic E-state index is 0.0871. The van der Waals surface area contributed by atoms with Crippen molar-refractivity contribution < 1.29 is 14.8 Å². The first-order chi connectivity index (χ1) is 9.38. The number of nitro groups is 1. The molecule has 0 bridgehead atoms. The van der Waals surface area contributed by atoms with Gasteiger partial charge in [-0.1, -0.05) is 6.92 Å². The van der Waals surface area contributed by atoms with E-state index in [0.29, 0.717) is 19.5 Å². The van der Waals surface area contributed by atoms with Crippen molar-refractivity contribution in [1.29, 1.82) is 0 Å². The summed E-state index contributed by atoms with van der Waals surface area (Å²) in [4.78, 5) is 21.5. The fourth-order valence-electron chi connectivity index (χ4n) is 1.83. The van der Waals surface area contributed by atoms with E-state index in [1.165, 1.54) is 10.9 Å². The van der Waals surface area contributed by atoms with Gasteiger partial charge in [-0.2, -0.15) is 5.10 Å². The van der Waals surface area contributed by atoms with Crippen LogP contribution in [0.15, 0.2) is 12.4 Å². The zero-order valence-corrected chi connectivity index (χ0v) is 11.7. The maximum absolute atomic E-state index is 11.6. The first-order valence-electron chi connectivity index (χ1n) is 6.50. The molecule has 8 nitrogen and oxygen atoms in total. The van der Waals surface area contributed by atoms with E-state index in [1.807, 2.05) is 6.92 Å². The Hall–Kier alpha value is -1.96. The van der Waals surface area contributed by atoms with E-state index in [9.17, 15) is 20.0 Å². The van der Waals surface area contributed by atoms with E-state index in [4.69, 9.17) is 0 Å². The quantitative estimate of drug-likeness (QED) is 0.539. The van der Waals surface area contributed by atoms with Crippen LogP contribution in [0.25, 0.3) is 0 Å². The van der Waals surface area contributed by atoms with Crippen molar-refractivity contribution in [3.8, 4) is 0 Å². The summed E-state index contributed by atoms with van der Waals surface area (Å²) >= 11 is 0. The molecule has 0 aliphatic heterocycles. The zero-order valence-electron chi connectivity index (χ0n) is 11.7. The molecule has 20 heavy (non-hydrogen) atoms. The average Bonchev–Trinajstić information content (AvgIpc) is 2.82. The van der Waals surface area contributed by atoms with Crippen molar-refractivity contribution in [3.63, 3.8) is 0 Å². The van der Waals surface area contributed by atoms with Crippen LogP contribution < -0.4 is 5.32 Å². The predicted molar refractivity (Wildman–Crippen MR) is 72.0 cm³/mol. The summed E-state index contributed by atoms with van der Waals surface area (Å²) in [7, 11) is 0. The minimum Gasteiger partial charge on any atom is -0.393 e. The molecular formula is C12H20N4O4. The van der Waals surface area contributed by atoms with Gasteiger partial charge < -0.3 is 10.4 Å². The lowest BCUT2D eigenvalue weighted by atomic mass is 10.0. The molecule has 0 aliphatic rings. The average molecular weight is 284 g/mol. The van der Waals surface area contributed by atoms with Crippen molar-refractivity contribution in [2.24, 2.45) is 5.92 Å². The van der Waals surface area contributed by atoms with Crippen LogP contribution in [-0.2, 0) is 11.3 Å². The van der Waals surface area contributed by atoms with Crippen LogP contribution in [0.2, 0.25) is 0 Å². The Morgan fingerprint density at radius 3 is 2.85 bits per heavy atom. The second-order valence-corrected chi connectivity index (χ2v) is 4.96. The van der Waals surface area contributed by atoms with Gasteiger partial charge in [-0.3, -0.25) is 19.6 Å². The molecule has 0 aromatic carbocycles. The van der Waals surface area contributed by atoms with Crippen molar-refractivity contribution >= 4 is 11.6 Å². The van der Waals surface area contributed by atoms with Crippen LogP contribution in [0.1, 0.15) is 26.7 Å².